The molecule has 0 radical (unpaired) electrons. The highest BCUT2D eigenvalue weighted by Gasteiger charge is 2.09. The lowest BCUT2D eigenvalue weighted by molar-refractivity contribution is -0.123. The molecule has 0 heterocycles. The summed E-state index contributed by atoms with van der Waals surface area (Å²) in [4.78, 5) is 23.8. The molecule has 2 aromatic rings. The average Bonchev–Trinajstić information content (AvgIpc) is 2.58. The number of amides is 2. The molecule has 6 nitrogen and oxygen atoms in total. The van der Waals surface area contributed by atoms with Crippen LogP contribution in [0.3, 0.4) is 0 Å². The predicted molar refractivity (Wildman–Crippen MR) is 99.2 cm³/mol. The van der Waals surface area contributed by atoms with Crippen molar-refractivity contribution in [2.24, 2.45) is 0 Å². The molecular formula is C18H19N3O3S. The van der Waals surface area contributed by atoms with Gasteiger partial charge in [-0.25, -0.2) is 0 Å². The lowest BCUT2D eigenvalue weighted by atomic mass is 10.1. The van der Waals surface area contributed by atoms with Crippen LogP contribution in [0.2, 0.25) is 0 Å². The van der Waals surface area contributed by atoms with Gasteiger partial charge >= 0.3 is 0 Å². The van der Waals surface area contributed by atoms with E-state index in [1.807, 2.05) is 38.1 Å². The summed E-state index contributed by atoms with van der Waals surface area (Å²) < 4.78 is 5.36. The second-order valence-corrected chi connectivity index (χ2v) is 5.84. The van der Waals surface area contributed by atoms with Crippen LogP contribution in [0, 0.1) is 13.8 Å². The minimum atomic E-state index is -0.423. The number of benzene rings is 2. The van der Waals surface area contributed by atoms with Crippen LogP contribution in [-0.4, -0.2) is 23.5 Å². The molecule has 130 valence electrons. The van der Waals surface area contributed by atoms with Gasteiger partial charge in [-0.2, -0.15) is 0 Å². The summed E-state index contributed by atoms with van der Waals surface area (Å²) in [5, 5.41) is 2.48. The van der Waals surface area contributed by atoms with Gasteiger partial charge in [-0.15, -0.1) is 0 Å². The Morgan fingerprint density at radius 3 is 2.36 bits per heavy atom. The minimum absolute atomic E-state index is 0.00425. The molecule has 0 atom stereocenters. The first-order chi connectivity index (χ1) is 11.9. The summed E-state index contributed by atoms with van der Waals surface area (Å²) >= 11 is 4.98. The van der Waals surface area contributed by atoms with Crippen LogP contribution < -0.4 is 20.9 Å². The summed E-state index contributed by atoms with van der Waals surface area (Å²) in [6, 6.07) is 14.5. The van der Waals surface area contributed by atoms with E-state index in [2.05, 4.69) is 16.2 Å². The first-order valence-corrected chi connectivity index (χ1v) is 8.01. The predicted octanol–water partition coefficient (Wildman–Crippen LogP) is 2.02. The van der Waals surface area contributed by atoms with Crippen molar-refractivity contribution >= 4 is 29.1 Å². The maximum Gasteiger partial charge on any atom is 0.276 e. The molecule has 2 amide bonds. The smallest absolute Gasteiger partial charge is 0.276 e. The molecule has 0 saturated heterocycles. The van der Waals surface area contributed by atoms with E-state index < -0.39 is 5.91 Å². The van der Waals surface area contributed by atoms with Crippen LogP contribution in [0.25, 0.3) is 0 Å². The van der Waals surface area contributed by atoms with Gasteiger partial charge < -0.3 is 4.74 Å². The zero-order chi connectivity index (χ0) is 18.2. The molecule has 0 fully saturated rings. The number of ether oxygens (including phenoxy) is 1. The normalized spacial score (nSPS) is 9.84. The molecule has 25 heavy (non-hydrogen) atoms. The number of aryl methyl sites for hydroxylation is 2. The van der Waals surface area contributed by atoms with Gasteiger partial charge in [0.1, 0.15) is 5.75 Å². The molecule has 0 aliphatic rings. The molecule has 0 unspecified atom stereocenters. The SMILES string of the molecule is Cc1cccc(OCC(=O)NNC(=S)NC(=O)c2cccc(C)c2)c1. The summed E-state index contributed by atoms with van der Waals surface area (Å²) in [5.41, 5.74) is 7.32. The second-order valence-electron chi connectivity index (χ2n) is 5.43. The number of hydrogen-bond acceptors (Lipinski definition) is 4. The van der Waals surface area contributed by atoms with Crippen LogP contribution in [-0.2, 0) is 4.79 Å². The van der Waals surface area contributed by atoms with E-state index in [0.29, 0.717) is 11.3 Å². The third-order valence-corrected chi connectivity index (χ3v) is 3.39. The molecule has 7 heteroatoms. The summed E-state index contributed by atoms with van der Waals surface area (Å²) in [5.74, 6) is -0.175. The van der Waals surface area contributed by atoms with Crippen LogP contribution in [0.15, 0.2) is 48.5 Å². The van der Waals surface area contributed by atoms with Gasteiger partial charge in [0, 0.05) is 5.56 Å². The largest absolute Gasteiger partial charge is 0.484 e. The molecular weight excluding hydrogens is 338 g/mol. The quantitative estimate of drug-likeness (QED) is 0.576. The number of rotatable bonds is 4. The Morgan fingerprint density at radius 2 is 1.68 bits per heavy atom. The Balaban J connectivity index is 1.74. The number of thiocarbonyl (C=S) groups is 1. The van der Waals surface area contributed by atoms with Crippen molar-refractivity contribution in [3.05, 3.63) is 65.2 Å². The van der Waals surface area contributed by atoms with Crippen molar-refractivity contribution in [2.45, 2.75) is 13.8 Å². The van der Waals surface area contributed by atoms with Crippen molar-refractivity contribution in [1.29, 1.82) is 0 Å². The third-order valence-electron chi connectivity index (χ3n) is 3.18. The molecule has 2 aromatic carbocycles. The molecule has 3 N–H and O–H groups in total. The highest BCUT2D eigenvalue weighted by molar-refractivity contribution is 7.80. The van der Waals surface area contributed by atoms with Gasteiger partial charge in [-0.05, 0) is 55.9 Å². The number of hydrazine groups is 1. The van der Waals surface area contributed by atoms with Crippen LogP contribution in [0.5, 0.6) is 5.75 Å². The van der Waals surface area contributed by atoms with Crippen molar-refractivity contribution in [3.63, 3.8) is 0 Å². The van der Waals surface area contributed by atoms with Crippen molar-refractivity contribution in [3.8, 4) is 5.75 Å². The maximum atomic E-state index is 12.0. The fourth-order valence-electron chi connectivity index (χ4n) is 2.01. The molecule has 0 aromatic heterocycles. The zero-order valence-corrected chi connectivity index (χ0v) is 14.8. The second kappa shape index (κ2) is 8.79. The molecule has 2 rings (SSSR count). The molecule has 0 aliphatic heterocycles. The Bertz CT molecular complexity index is 793. The Kier molecular flexibility index (Phi) is 6.47. The lowest BCUT2D eigenvalue weighted by Crippen LogP contribution is -2.49. The van der Waals surface area contributed by atoms with Crippen LogP contribution in [0.4, 0.5) is 0 Å². The number of carbonyl (C=O) groups is 2. The Morgan fingerprint density at radius 1 is 1.00 bits per heavy atom. The standard InChI is InChI=1S/C18H19N3O3S/c1-12-5-3-7-14(9-12)17(23)19-18(25)21-20-16(22)11-24-15-8-4-6-13(2)10-15/h3-10H,11H2,1-2H3,(H,20,22)(H2,19,21,23,25). The summed E-state index contributed by atoms with van der Waals surface area (Å²) in [6.45, 7) is 3.65. The van der Waals surface area contributed by atoms with Gasteiger partial charge in [0.25, 0.3) is 11.8 Å². The first kappa shape index (κ1) is 18.4. The van der Waals surface area contributed by atoms with Crippen molar-refractivity contribution in [2.75, 3.05) is 6.61 Å². The molecule has 0 saturated carbocycles. The summed E-state index contributed by atoms with van der Waals surface area (Å²) in [6.07, 6.45) is 0. The van der Waals surface area contributed by atoms with Crippen molar-refractivity contribution < 1.29 is 14.3 Å². The minimum Gasteiger partial charge on any atom is -0.484 e. The Labute approximate surface area is 151 Å². The molecule has 0 spiro atoms. The van der Waals surface area contributed by atoms with Gasteiger partial charge in [0.2, 0.25) is 0 Å². The van der Waals surface area contributed by atoms with Crippen LogP contribution in [0.1, 0.15) is 21.5 Å². The van der Waals surface area contributed by atoms with E-state index in [4.69, 9.17) is 17.0 Å². The summed E-state index contributed by atoms with van der Waals surface area (Å²) in [7, 11) is 0. The first-order valence-electron chi connectivity index (χ1n) is 7.60. The number of hydrogen-bond donors (Lipinski definition) is 3. The maximum absolute atomic E-state index is 12.0. The molecule has 0 aliphatic carbocycles. The average molecular weight is 357 g/mol. The van der Waals surface area contributed by atoms with E-state index in [1.165, 1.54) is 0 Å². The number of nitrogens with one attached hydrogen (secondary N) is 3. The highest BCUT2D eigenvalue weighted by atomic mass is 32.1. The third kappa shape index (κ3) is 6.23. The van der Waals surface area contributed by atoms with E-state index in [-0.39, 0.29) is 17.6 Å². The van der Waals surface area contributed by atoms with Gasteiger partial charge in [0.15, 0.2) is 11.7 Å². The van der Waals surface area contributed by atoms with Gasteiger partial charge in [0.05, 0.1) is 0 Å². The van der Waals surface area contributed by atoms with Crippen molar-refractivity contribution in [1.82, 2.24) is 16.2 Å². The fraction of sp³-hybridized carbons (Fsp3) is 0.167. The Hall–Kier alpha value is -2.93. The lowest BCUT2D eigenvalue weighted by Gasteiger charge is -2.11. The van der Waals surface area contributed by atoms with Crippen LogP contribution >= 0.6 is 12.2 Å². The highest BCUT2D eigenvalue weighted by Crippen LogP contribution is 2.11. The van der Waals surface area contributed by atoms with E-state index in [1.54, 1.807) is 24.3 Å². The van der Waals surface area contributed by atoms with E-state index >= 15 is 0 Å². The van der Waals surface area contributed by atoms with E-state index in [9.17, 15) is 9.59 Å². The topological polar surface area (TPSA) is 79.5 Å². The number of carbonyl (C=O) groups excluding carboxylic acids is 2. The monoisotopic (exact) mass is 357 g/mol. The van der Waals surface area contributed by atoms with E-state index in [0.717, 1.165) is 11.1 Å². The van der Waals surface area contributed by atoms with Gasteiger partial charge in [-0.3, -0.25) is 25.8 Å². The van der Waals surface area contributed by atoms with Gasteiger partial charge in [-0.1, -0.05) is 29.8 Å². The molecule has 0 bridgehead atoms. The zero-order valence-electron chi connectivity index (χ0n) is 14.0. The fourth-order valence-corrected chi connectivity index (χ4v) is 2.15.